The Bertz CT molecular complexity index is 727. The van der Waals surface area contributed by atoms with Gasteiger partial charge in [-0.25, -0.2) is 9.97 Å². The molecule has 3 rings (SSSR count). The normalized spacial score (nSPS) is 14.3. The Labute approximate surface area is 141 Å². The Balaban J connectivity index is 1.74. The van der Waals surface area contributed by atoms with Crippen molar-refractivity contribution in [3.05, 3.63) is 41.7 Å². The summed E-state index contributed by atoms with van der Waals surface area (Å²) >= 11 is 0. The molecule has 0 atom stereocenters. The molecule has 6 heteroatoms. The largest absolute Gasteiger partial charge is 0.497 e. The van der Waals surface area contributed by atoms with Crippen LogP contribution in [0.15, 0.2) is 30.5 Å². The lowest BCUT2D eigenvalue weighted by molar-refractivity contribution is 0.102. The molecule has 1 amide bonds. The van der Waals surface area contributed by atoms with Gasteiger partial charge in [-0.2, -0.15) is 0 Å². The number of anilines is 2. The molecular weight excluding hydrogens is 304 g/mol. The Kier molecular flexibility index (Phi) is 4.93. The zero-order valence-corrected chi connectivity index (χ0v) is 14.1. The van der Waals surface area contributed by atoms with Crippen LogP contribution in [0.5, 0.6) is 5.75 Å². The standard InChI is InChI=1S/C18H22N4O2/c1-13-16(12-19-18(20-13)22-9-4-3-5-10-22)17(23)21-14-7-6-8-15(11-14)24-2/h6-8,11-12H,3-5,9-10H2,1-2H3,(H,21,23). The smallest absolute Gasteiger partial charge is 0.259 e. The molecule has 2 heterocycles. The Morgan fingerprint density at radius 3 is 2.75 bits per heavy atom. The molecule has 0 radical (unpaired) electrons. The Hall–Kier alpha value is -2.63. The molecule has 24 heavy (non-hydrogen) atoms. The maximum absolute atomic E-state index is 12.5. The van der Waals surface area contributed by atoms with Crippen LogP contribution < -0.4 is 15.0 Å². The topological polar surface area (TPSA) is 67.3 Å². The summed E-state index contributed by atoms with van der Waals surface area (Å²) in [4.78, 5) is 23.6. The van der Waals surface area contributed by atoms with E-state index in [0.29, 0.717) is 28.6 Å². The van der Waals surface area contributed by atoms with E-state index in [0.717, 1.165) is 13.1 Å². The SMILES string of the molecule is COc1cccc(NC(=O)c2cnc(N3CCCCC3)nc2C)c1. The summed E-state index contributed by atoms with van der Waals surface area (Å²) in [5.74, 6) is 1.19. The van der Waals surface area contributed by atoms with Crippen LogP contribution in [0.3, 0.4) is 0 Å². The molecule has 0 bridgehead atoms. The molecule has 126 valence electrons. The van der Waals surface area contributed by atoms with E-state index in [1.807, 2.05) is 25.1 Å². The van der Waals surface area contributed by atoms with Crippen LogP contribution in [-0.2, 0) is 0 Å². The minimum absolute atomic E-state index is 0.217. The van der Waals surface area contributed by atoms with Crippen LogP contribution in [0.2, 0.25) is 0 Å². The van der Waals surface area contributed by atoms with Gasteiger partial charge in [0.15, 0.2) is 0 Å². The van der Waals surface area contributed by atoms with E-state index in [-0.39, 0.29) is 5.91 Å². The van der Waals surface area contributed by atoms with E-state index in [2.05, 4.69) is 20.2 Å². The van der Waals surface area contributed by atoms with Crippen LogP contribution in [0.1, 0.15) is 35.3 Å². The van der Waals surface area contributed by atoms with E-state index in [9.17, 15) is 4.79 Å². The fourth-order valence-electron chi connectivity index (χ4n) is 2.82. The van der Waals surface area contributed by atoms with Gasteiger partial charge in [-0.15, -0.1) is 0 Å². The average molecular weight is 326 g/mol. The number of carbonyl (C=O) groups excluding carboxylic acids is 1. The summed E-state index contributed by atoms with van der Waals surface area (Å²) in [6, 6.07) is 7.25. The van der Waals surface area contributed by atoms with Gasteiger partial charge in [-0.05, 0) is 38.3 Å². The first-order chi connectivity index (χ1) is 11.7. The number of ether oxygens (including phenoxy) is 1. The van der Waals surface area contributed by atoms with E-state index < -0.39 is 0 Å². The molecule has 1 aromatic carbocycles. The van der Waals surface area contributed by atoms with Crippen LogP contribution in [0.4, 0.5) is 11.6 Å². The number of aryl methyl sites for hydroxylation is 1. The first-order valence-corrected chi connectivity index (χ1v) is 8.21. The summed E-state index contributed by atoms with van der Waals surface area (Å²) in [5.41, 5.74) is 1.85. The van der Waals surface area contributed by atoms with Crippen LogP contribution in [0, 0.1) is 6.92 Å². The maximum Gasteiger partial charge on any atom is 0.259 e. The first kappa shape index (κ1) is 16.2. The molecule has 0 spiro atoms. The van der Waals surface area contributed by atoms with Crippen LogP contribution in [0.25, 0.3) is 0 Å². The zero-order valence-electron chi connectivity index (χ0n) is 14.1. The van der Waals surface area contributed by atoms with E-state index in [1.165, 1.54) is 19.3 Å². The third kappa shape index (κ3) is 3.64. The average Bonchev–Trinajstić information content (AvgIpc) is 2.62. The first-order valence-electron chi connectivity index (χ1n) is 8.21. The number of rotatable bonds is 4. The summed E-state index contributed by atoms with van der Waals surface area (Å²) in [6.07, 6.45) is 5.21. The monoisotopic (exact) mass is 326 g/mol. The third-order valence-corrected chi connectivity index (χ3v) is 4.18. The van der Waals surface area contributed by atoms with Crippen molar-refractivity contribution >= 4 is 17.5 Å². The van der Waals surface area contributed by atoms with Gasteiger partial charge in [0.25, 0.3) is 5.91 Å². The third-order valence-electron chi connectivity index (χ3n) is 4.18. The number of benzene rings is 1. The number of carbonyl (C=O) groups is 1. The Morgan fingerprint density at radius 2 is 2.04 bits per heavy atom. The second kappa shape index (κ2) is 7.29. The summed E-state index contributed by atoms with van der Waals surface area (Å²) in [7, 11) is 1.60. The van der Waals surface area contributed by atoms with Gasteiger partial charge >= 0.3 is 0 Å². The van der Waals surface area contributed by atoms with Gasteiger partial charge in [-0.1, -0.05) is 6.07 Å². The number of nitrogens with one attached hydrogen (secondary N) is 1. The molecule has 0 unspecified atom stereocenters. The van der Waals surface area contributed by atoms with Crippen molar-refractivity contribution in [2.75, 3.05) is 30.4 Å². The second-order valence-corrected chi connectivity index (χ2v) is 5.90. The summed E-state index contributed by atoms with van der Waals surface area (Å²) in [6.45, 7) is 3.80. The number of aromatic nitrogens is 2. The second-order valence-electron chi connectivity index (χ2n) is 5.90. The molecule has 1 N–H and O–H groups in total. The lowest BCUT2D eigenvalue weighted by atomic mass is 10.1. The number of methoxy groups -OCH3 is 1. The van der Waals surface area contributed by atoms with Crippen molar-refractivity contribution in [2.45, 2.75) is 26.2 Å². The van der Waals surface area contributed by atoms with Gasteiger partial charge in [0.2, 0.25) is 5.95 Å². The highest BCUT2D eigenvalue weighted by atomic mass is 16.5. The molecule has 1 aromatic heterocycles. The molecular formula is C18H22N4O2. The zero-order chi connectivity index (χ0) is 16.9. The fraction of sp³-hybridized carbons (Fsp3) is 0.389. The van der Waals surface area contributed by atoms with Gasteiger partial charge in [0.1, 0.15) is 5.75 Å². The molecule has 1 fully saturated rings. The fourth-order valence-corrected chi connectivity index (χ4v) is 2.82. The molecule has 1 saturated heterocycles. The van der Waals surface area contributed by atoms with Gasteiger partial charge in [-0.3, -0.25) is 4.79 Å². The highest BCUT2D eigenvalue weighted by molar-refractivity contribution is 6.04. The molecule has 2 aromatic rings. The quantitative estimate of drug-likeness (QED) is 0.935. The minimum Gasteiger partial charge on any atom is -0.497 e. The number of nitrogens with zero attached hydrogens (tertiary/aromatic N) is 3. The van der Waals surface area contributed by atoms with Crippen molar-refractivity contribution in [1.82, 2.24) is 9.97 Å². The summed E-state index contributed by atoms with van der Waals surface area (Å²) < 4.78 is 5.17. The minimum atomic E-state index is -0.217. The number of hydrogen-bond donors (Lipinski definition) is 1. The van der Waals surface area contributed by atoms with E-state index >= 15 is 0 Å². The van der Waals surface area contributed by atoms with Crippen molar-refractivity contribution in [1.29, 1.82) is 0 Å². The number of hydrogen-bond acceptors (Lipinski definition) is 5. The molecule has 6 nitrogen and oxygen atoms in total. The van der Waals surface area contributed by atoms with E-state index in [4.69, 9.17) is 4.74 Å². The molecule has 1 aliphatic rings. The number of piperidine rings is 1. The van der Waals surface area contributed by atoms with E-state index in [1.54, 1.807) is 19.4 Å². The highest BCUT2D eigenvalue weighted by Gasteiger charge is 2.17. The van der Waals surface area contributed by atoms with Gasteiger partial charge in [0, 0.05) is 31.0 Å². The van der Waals surface area contributed by atoms with Crippen molar-refractivity contribution < 1.29 is 9.53 Å². The predicted molar refractivity (Wildman–Crippen MR) is 93.8 cm³/mol. The summed E-state index contributed by atoms with van der Waals surface area (Å²) in [5, 5.41) is 2.86. The molecule has 0 aliphatic carbocycles. The maximum atomic E-state index is 12.5. The number of amides is 1. The molecule has 0 saturated carbocycles. The van der Waals surface area contributed by atoms with Crippen molar-refractivity contribution in [2.24, 2.45) is 0 Å². The van der Waals surface area contributed by atoms with Crippen LogP contribution >= 0.6 is 0 Å². The lowest BCUT2D eigenvalue weighted by Gasteiger charge is -2.26. The predicted octanol–water partition coefficient (Wildman–Crippen LogP) is 3.04. The van der Waals surface area contributed by atoms with Crippen molar-refractivity contribution in [3.8, 4) is 5.75 Å². The van der Waals surface area contributed by atoms with Gasteiger partial charge in [0.05, 0.1) is 18.4 Å². The highest BCUT2D eigenvalue weighted by Crippen LogP contribution is 2.20. The molecule has 1 aliphatic heterocycles. The van der Waals surface area contributed by atoms with Gasteiger partial charge < -0.3 is 15.0 Å². The van der Waals surface area contributed by atoms with Crippen molar-refractivity contribution in [3.63, 3.8) is 0 Å². The lowest BCUT2D eigenvalue weighted by Crippen LogP contribution is -2.31. The Morgan fingerprint density at radius 1 is 1.25 bits per heavy atom. The van der Waals surface area contributed by atoms with Crippen LogP contribution in [-0.4, -0.2) is 36.1 Å².